The van der Waals surface area contributed by atoms with Gasteiger partial charge in [0.25, 0.3) is 0 Å². The fourth-order valence-corrected chi connectivity index (χ4v) is 5.95. The highest BCUT2D eigenvalue weighted by Crippen LogP contribution is 2.15. The number of carbonyl (C=O) groups excluding carboxylic acids is 2. The quantitative estimate of drug-likeness (QED) is 0.0286. The van der Waals surface area contributed by atoms with Crippen LogP contribution >= 0.6 is 0 Å². The van der Waals surface area contributed by atoms with E-state index in [4.69, 9.17) is 9.47 Å². The van der Waals surface area contributed by atoms with Crippen LogP contribution < -0.4 is 0 Å². The molecule has 0 aromatic heterocycles. The zero-order valence-corrected chi connectivity index (χ0v) is 33.2. The molecule has 0 heterocycles. The van der Waals surface area contributed by atoms with Gasteiger partial charge in [0, 0.05) is 12.8 Å². The molecule has 6 heteroatoms. The van der Waals surface area contributed by atoms with Gasteiger partial charge in [0.15, 0.2) is 6.10 Å². The van der Waals surface area contributed by atoms with Crippen molar-refractivity contribution >= 4 is 11.9 Å². The maximum absolute atomic E-state index is 12.2. The van der Waals surface area contributed by atoms with E-state index in [2.05, 4.69) is 38.2 Å². The van der Waals surface area contributed by atoms with E-state index in [9.17, 15) is 19.8 Å². The van der Waals surface area contributed by atoms with E-state index in [1.54, 1.807) is 6.08 Å². The van der Waals surface area contributed by atoms with E-state index in [0.717, 1.165) is 38.5 Å². The summed E-state index contributed by atoms with van der Waals surface area (Å²) in [5.41, 5.74) is 0. The lowest BCUT2D eigenvalue weighted by molar-refractivity contribution is -0.161. The molecule has 0 saturated heterocycles. The summed E-state index contributed by atoms with van der Waals surface area (Å²) in [4.78, 5) is 24.3. The number of allylic oxidation sites excluding steroid dienone is 7. The average molecular weight is 717 g/mol. The fraction of sp³-hybridized carbons (Fsp3) is 0.778. The molecular formula is C45H80O6. The van der Waals surface area contributed by atoms with Crippen molar-refractivity contribution in [2.45, 2.75) is 212 Å². The predicted molar refractivity (Wildman–Crippen MR) is 216 cm³/mol. The minimum atomic E-state index is -0.864. The van der Waals surface area contributed by atoms with Crippen molar-refractivity contribution < 1.29 is 29.3 Å². The first-order chi connectivity index (χ1) is 25.0. The summed E-state index contributed by atoms with van der Waals surface area (Å²) in [5, 5.41) is 19.7. The Morgan fingerprint density at radius 3 is 1.57 bits per heavy atom. The Hall–Kier alpha value is -2.18. The highest BCUT2D eigenvalue weighted by molar-refractivity contribution is 5.70. The summed E-state index contributed by atoms with van der Waals surface area (Å²) in [6.07, 6.45) is 47.8. The minimum Gasteiger partial charge on any atom is -0.462 e. The van der Waals surface area contributed by atoms with Gasteiger partial charge >= 0.3 is 11.9 Å². The molecule has 0 amide bonds. The fourth-order valence-electron chi connectivity index (χ4n) is 5.95. The summed E-state index contributed by atoms with van der Waals surface area (Å²) in [6, 6.07) is 0. The topological polar surface area (TPSA) is 93.1 Å². The maximum Gasteiger partial charge on any atom is 0.306 e. The molecular weight excluding hydrogens is 636 g/mol. The lowest BCUT2D eigenvalue weighted by Crippen LogP contribution is -2.28. The molecule has 0 spiro atoms. The Balaban J connectivity index is 3.69. The second-order valence-electron chi connectivity index (χ2n) is 14.3. The van der Waals surface area contributed by atoms with Gasteiger partial charge in [-0.2, -0.15) is 0 Å². The van der Waals surface area contributed by atoms with Crippen LogP contribution in [0.1, 0.15) is 200 Å². The van der Waals surface area contributed by atoms with Gasteiger partial charge in [-0.1, -0.05) is 191 Å². The van der Waals surface area contributed by atoms with Gasteiger partial charge in [-0.15, -0.1) is 0 Å². The molecule has 0 aromatic rings. The summed E-state index contributed by atoms with van der Waals surface area (Å²) in [7, 11) is 0. The molecule has 0 saturated carbocycles. The third kappa shape index (κ3) is 38.9. The lowest BCUT2D eigenvalue weighted by Gasteiger charge is -2.16. The van der Waals surface area contributed by atoms with E-state index < -0.39 is 24.8 Å². The SMILES string of the molecule is CCCCC/C=C\C/C=C\C/C=C\C=C\[C@H](O)CCCC(=O)O[C@@H](CO)COC(=O)CCCCCCCCCCCCCCCCCCCCC. The zero-order valence-electron chi connectivity index (χ0n) is 33.2. The molecule has 0 bridgehead atoms. The molecule has 2 atom stereocenters. The summed E-state index contributed by atoms with van der Waals surface area (Å²) in [5.74, 6) is -0.788. The number of esters is 2. The smallest absolute Gasteiger partial charge is 0.306 e. The van der Waals surface area contributed by atoms with Gasteiger partial charge < -0.3 is 19.7 Å². The standard InChI is InChI=1S/C45H80O6/c1-3-5-7-9-11-13-15-17-18-19-20-21-22-24-26-28-30-32-34-38-44(48)50-41-43(40-46)51-45(49)39-35-37-42(47)36-33-31-29-27-25-23-16-14-12-10-8-6-4-2/h12,14,23,25,29,31,33,36,42-43,46-47H,3-11,13,15-22,24,26-28,30,32,34-35,37-41H2,1-2H3/b14-12-,25-23-,31-29-,36-33+/t42-,43-/m0/s1. The monoisotopic (exact) mass is 717 g/mol. The van der Waals surface area contributed by atoms with Gasteiger partial charge in [-0.25, -0.2) is 0 Å². The summed E-state index contributed by atoms with van der Waals surface area (Å²) < 4.78 is 10.5. The molecule has 51 heavy (non-hydrogen) atoms. The Kier molecular flexibility index (Phi) is 38.9. The van der Waals surface area contributed by atoms with Crippen LogP contribution in [0.3, 0.4) is 0 Å². The molecule has 0 unspecified atom stereocenters. The Morgan fingerprint density at radius 2 is 1.02 bits per heavy atom. The van der Waals surface area contributed by atoms with E-state index >= 15 is 0 Å². The first kappa shape index (κ1) is 48.8. The first-order valence-electron chi connectivity index (χ1n) is 21.3. The van der Waals surface area contributed by atoms with Crippen LogP contribution in [0, 0.1) is 0 Å². The normalized spacial score (nSPS) is 13.3. The molecule has 0 aliphatic rings. The van der Waals surface area contributed by atoms with Crippen molar-refractivity contribution in [2.24, 2.45) is 0 Å². The third-order valence-electron chi connectivity index (χ3n) is 9.23. The van der Waals surface area contributed by atoms with Crippen molar-refractivity contribution in [1.29, 1.82) is 0 Å². The van der Waals surface area contributed by atoms with Gasteiger partial charge in [0.1, 0.15) is 6.61 Å². The van der Waals surface area contributed by atoms with Crippen LogP contribution in [0.15, 0.2) is 48.6 Å². The molecule has 2 N–H and O–H groups in total. The largest absolute Gasteiger partial charge is 0.462 e. The summed E-state index contributed by atoms with van der Waals surface area (Å²) >= 11 is 0. The van der Waals surface area contributed by atoms with Crippen molar-refractivity contribution in [1.82, 2.24) is 0 Å². The zero-order chi connectivity index (χ0) is 37.3. The highest BCUT2D eigenvalue weighted by Gasteiger charge is 2.16. The van der Waals surface area contributed by atoms with Crippen molar-refractivity contribution in [2.75, 3.05) is 13.2 Å². The highest BCUT2D eigenvalue weighted by atomic mass is 16.6. The van der Waals surface area contributed by atoms with E-state index in [0.29, 0.717) is 19.3 Å². The van der Waals surface area contributed by atoms with Gasteiger partial charge in [0.2, 0.25) is 0 Å². The van der Waals surface area contributed by atoms with Gasteiger partial charge in [-0.3, -0.25) is 9.59 Å². The number of hydrogen-bond donors (Lipinski definition) is 2. The summed E-state index contributed by atoms with van der Waals surface area (Å²) in [6.45, 7) is 3.96. The number of aliphatic hydroxyl groups is 2. The van der Waals surface area contributed by atoms with E-state index in [-0.39, 0.29) is 19.0 Å². The van der Waals surface area contributed by atoms with E-state index in [1.807, 2.05) is 18.2 Å². The number of hydrogen-bond acceptors (Lipinski definition) is 6. The number of aliphatic hydroxyl groups excluding tert-OH is 2. The van der Waals surface area contributed by atoms with Crippen molar-refractivity contribution in [3.8, 4) is 0 Å². The average Bonchev–Trinajstić information content (AvgIpc) is 3.12. The van der Waals surface area contributed by atoms with Crippen molar-refractivity contribution in [3.05, 3.63) is 48.6 Å². The molecule has 296 valence electrons. The molecule has 0 aliphatic carbocycles. The van der Waals surface area contributed by atoms with E-state index in [1.165, 1.54) is 122 Å². The van der Waals surface area contributed by atoms with Crippen LogP contribution in [0.25, 0.3) is 0 Å². The predicted octanol–water partition coefficient (Wildman–Crippen LogP) is 12.4. The van der Waals surface area contributed by atoms with Crippen LogP contribution in [0.2, 0.25) is 0 Å². The lowest BCUT2D eigenvalue weighted by atomic mass is 10.0. The Morgan fingerprint density at radius 1 is 0.549 bits per heavy atom. The number of unbranched alkanes of at least 4 members (excludes halogenated alkanes) is 21. The number of carbonyl (C=O) groups is 2. The number of ether oxygens (including phenoxy) is 2. The van der Waals surface area contributed by atoms with Gasteiger partial charge in [0.05, 0.1) is 12.7 Å². The van der Waals surface area contributed by atoms with Crippen LogP contribution in [0.5, 0.6) is 0 Å². The molecule has 0 aromatic carbocycles. The van der Waals surface area contributed by atoms with Crippen LogP contribution in [-0.2, 0) is 19.1 Å². The minimum absolute atomic E-state index is 0.127. The van der Waals surface area contributed by atoms with Crippen LogP contribution in [-0.4, -0.2) is 47.6 Å². The van der Waals surface area contributed by atoms with Crippen LogP contribution in [0.4, 0.5) is 0 Å². The molecule has 0 fully saturated rings. The first-order valence-corrected chi connectivity index (χ1v) is 21.3. The van der Waals surface area contributed by atoms with Crippen molar-refractivity contribution in [3.63, 3.8) is 0 Å². The Bertz CT molecular complexity index is 876. The second kappa shape index (κ2) is 40.6. The molecule has 0 radical (unpaired) electrons. The second-order valence-corrected chi connectivity index (χ2v) is 14.3. The number of rotatable bonds is 38. The third-order valence-corrected chi connectivity index (χ3v) is 9.23. The maximum atomic E-state index is 12.2. The molecule has 0 rings (SSSR count). The van der Waals surface area contributed by atoms with Gasteiger partial charge in [-0.05, 0) is 44.9 Å². The Labute approximate surface area is 314 Å². The molecule has 6 nitrogen and oxygen atoms in total. The molecule has 0 aliphatic heterocycles.